The highest BCUT2D eigenvalue weighted by Gasteiger charge is 2.20. The standard InChI is InChI=1S/C14H28N6.HI/c1-14(2,19(4)5)12-17-13(15-3)16-8-6-10-20-11-7-9-18-20;/h7,9,11H,6,8,10,12H2,1-5H3,(H2,15,16,17);1H. The molecule has 0 saturated carbocycles. The van der Waals surface area contributed by atoms with E-state index < -0.39 is 0 Å². The molecule has 0 spiro atoms. The third-order valence-corrected chi connectivity index (χ3v) is 3.54. The molecule has 0 aromatic carbocycles. The minimum atomic E-state index is 0. The molecule has 1 rings (SSSR count). The van der Waals surface area contributed by atoms with Crippen molar-refractivity contribution >= 4 is 29.9 Å². The van der Waals surface area contributed by atoms with E-state index >= 15 is 0 Å². The SMILES string of the molecule is CN=C(NCCCn1cccn1)NCC(C)(C)N(C)C.I. The Morgan fingerprint density at radius 1 is 1.33 bits per heavy atom. The highest BCUT2D eigenvalue weighted by molar-refractivity contribution is 14.0. The average molecular weight is 408 g/mol. The first kappa shape index (κ1) is 20.2. The normalized spacial score (nSPS) is 12.2. The van der Waals surface area contributed by atoms with Crippen LogP contribution in [0.3, 0.4) is 0 Å². The number of nitrogens with one attached hydrogen (secondary N) is 2. The molecule has 0 radical (unpaired) electrons. The molecule has 2 N–H and O–H groups in total. The van der Waals surface area contributed by atoms with E-state index in [1.54, 1.807) is 13.2 Å². The Morgan fingerprint density at radius 3 is 2.57 bits per heavy atom. The summed E-state index contributed by atoms with van der Waals surface area (Å²) in [5, 5.41) is 10.9. The number of aliphatic imine (C=N–C) groups is 1. The van der Waals surface area contributed by atoms with Gasteiger partial charge in [0, 0.05) is 44.6 Å². The zero-order valence-electron chi connectivity index (χ0n) is 13.8. The average Bonchev–Trinajstić information content (AvgIpc) is 2.90. The lowest BCUT2D eigenvalue weighted by atomic mass is 10.0. The van der Waals surface area contributed by atoms with Gasteiger partial charge in [-0.1, -0.05) is 0 Å². The topological polar surface area (TPSA) is 57.5 Å². The summed E-state index contributed by atoms with van der Waals surface area (Å²) >= 11 is 0. The molecule has 0 atom stereocenters. The number of halogens is 1. The molecule has 0 aliphatic heterocycles. The highest BCUT2D eigenvalue weighted by Crippen LogP contribution is 2.07. The third-order valence-electron chi connectivity index (χ3n) is 3.54. The summed E-state index contributed by atoms with van der Waals surface area (Å²) in [5.74, 6) is 0.848. The van der Waals surface area contributed by atoms with E-state index in [4.69, 9.17) is 0 Å². The van der Waals surface area contributed by atoms with E-state index in [2.05, 4.69) is 53.6 Å². The number of aromatic nitrogens is 2. The molecule has 0 unspecified atom stereocenters. The summed E-state index contributed by atoms with van der Waals surface area (Å²) in [6, 6.07) is 1.94. The largest absolute Gasteiger partial charge is 0.356 e. The van der Waals surface area contributed by atoms with Gasteiger partial charge in [-0.05, 0) is 40.4 Å². The van der Waals surface area contributed by atoms with Crippen molar-refractivity contribution in [1.82, 2.24) is 25.3 Å². The Hall–Kier alpha value is -0.830. The number of likely N-dealkylation sites (N-methyl/N-ethyl adjacent to an activating group) is 1. The van der Waals surface area contributed by atoms with Crippen molar-refractivity contribution in [2.24, 2.45) is 4.99 Å². The minimum absolute atomic E-state index is 0. The second-order valence-electron chi connectivity index (χ2n) is 5.68. The van der Waals surface area contributed by atoms with Crippen LogP contribution in [0.15, 0.2) is 23.5 Å². The fraction of sp³-hybridized carbons (Fsp3) is 0.714. The summed E-state index contributed by atoms with van der Waals surface area (Å²) in [7, 11) is 5.97. The monoisotopic (exact) mass is 408 g/mol. The maximum absolute atomic E-state index is 4.24. The van der Waals surface area contributed by atoms with Crippen molar-refractivity contribution in [3.05, 3.63) is 18.5 Å². The smallest absolute Gasteiger partial charge is 0.191 e. The van der Waals surface area contributed by atoms with E-state index in [0.29, 0.717) is 0 Å². The molecule has 1 heterocycles. The van der Waals surface area contributed by atoms with Gasteiger partial charge in [-0.3, -0.25) is 9.67 Å². The molecule has 1 aromatic rings. The van der Waals surface area contributed by atoms with Crippen molar-refractivity contribution in [3.8, 4) is 0 Å². The summed E-state index contributed by atoms with van der Waals surface area (Å²) in [6.07, 6.45) is 4.80. The van der Waals surface area contributed by atoms with Crippen LogP contribution in [-0.2, 0) is 6.54 Å². The number of aryl methyl sites for hydroxylation is 1. The van der Waals surface area contributed by atoms with Crippen molar-refractivity contribution < 1.29 is 0 Å². The van der Waals surface area contributed by atoms with Crippen LogP contribution in [-0.4, -0.2) is 60.4 Å². The lowest BCUT2D eigenvalue weighted by molar-refractivity contribution is 0.197. The molecule has 0 aliphatic carbocycles. The number of guanidine groups is 1. The summed E-state index contributed by atoms with van der Waals surface area (Å²) < 4.78 is 1.94. The first-order valence-corrected chi connectivity index (χ1v) is 7.05. The van der Waals surface area contributed by atoms with Crippen LogP contribution in [0.25, 0.3) is 0 Å². The molecular weight excluding hydrogens is 379 g/mol. The van der Waals surface area contributed by atoms with Gasteiger partial charge in [0.1, 0.15) is 0 Å². The van der Waals surface area contributed by atoms with Crippen molar-refractivity contribution in [2.45, 2.75) is 32.4 Å². The van der Waals surface area contributed by atoms with Gasteiger partial charge in [0.05, 0.1) is 0 Å². The quantitative estimate of drug-likeness (QED) is 0.310. The van der Waals surface area contributed by atoms with E-state index in [9.17, 15) is 0 Å². The summed E-state index contributed by atoms with van der Waals surface area (Å²) in [4.78, 5) is 6.44. The highest BCUT2D eigenvalue weighted by atomic mass is 127. The molecule has 0 fully saturated rings. The van der Waals surface area contributed by atoms with Crippen LogP contribution in [0.2, 0.25) is 0 Å². The van der Waals surface area contributed by atoms with E-state index in [-0.39, 0.29) is 29.5 Å². The van der Waals surface area contributed by atoms with Gasteiger partial charge in [0.15, 0.2) is 5.96 Å². The van der Waals surface area contributed by atoms with Crippen molar-refractivity contribution in [1.29, 1.82) is 0 Å². The molecule has 0 saturated heterocycles. The lowest BCUT2D eigenvalue weighted by Gasteiger charge is -2.33. The Morgan fingerprint density at radius 2 is 2.05 bits per heavy atom. The van der Waals surface area contributed by atoms with Crippen LogP contribution >= 0.6 is 24.0 Å². The minimum Gasteiger partial charge on any atom is -0.356 e. The number of hydrogen-bond acceptors (Lipinski definition) is 3. The maximum Gasteiger partial charge on any atom is 0.191 e. The van der Waals surface area contributed by atoms with Gasteiger partial charge in [-0.25, -0.2) is 0 Å². The third kappa shape index (κ3) is 7.66. The van der Waals surface area contributed by atoms with Crippen LogP contribution in [0.5, 0.6) is 0 Å². The first-order valence-electron chi connectivity index (χ1n) is 7.05. The molecule has 6 nitrogen and oxygen atoms in total. The van der Waals surface area contributed by atoms with Gasteiger partial charge < -0.3 is 15.5 Å². The van der Waals surface area contributed by atoms with Gasteiger partial charge >= 0.3 is 0 Å². The van der Waals surface area contributed by atoms with E-state index in [1.165, 1.54) is 0 Å². The zero-order chi connectivity index (χ0) is 15.0. The second-order valence-corrected chi connectivity index (χ2v) is 5.68. The second kappa shape index (κ2) is 9.99. The molecule has 1 aromatic heterocycles. The Balaban J connectivity index is 0.00000400. The summed E-state index contributed by atoms with van der Waals surface area (Å²) in [5.41, 5.74) is 0.0900. The number of rotatable bonds is 7. The van der Waals surface area contributed by atoms with Gasteiger partial charge in [0.2, 0.25) is 0 Å². The van der Waals surface area contributed by atoms with Crippen LogP contribution in [0.1, 0.15) is 20.3 Å². The summed E-state index contributed by atoms with van der Waals surface area (Å²) in [6.45, 7) is 7.04. The Kier molecular flexibility index (Phi) is 9.60. The van der Waals surface area contributed by atoms with Crippen LogP contribution in [0.4, 0.5) is 0 Å². The predicted molar refractivity (Wildman–Crippen MR) is 99.4 cm³/mol. The van der Waals surface area contributed by atoms with Crippen molar-refractivity contribution in [2.75, 3.05) is 34.2 Å². The fourth-order valence-corrected chi connectivity index (χ4v) is 1.56. The molecule has 7 heteroatoms. The zero-order valence-corrected chi connectivity index (χ0v) is 16.1. The predicted octanol–water partition coefficient (Wildman–Crippen LogP) is 1.40. The Labute approximate surface area is 145 Å². The van der Waals surface area contributed by atoms with E-state index in [0.717, 1.165) is 32.0 Å². The van der Waals surface area contributed by atoms with Gasteiger partial charge in [-0.2, -0.15) is 5.10 Å². The molecule has 21 heavy (non-hydrogen) atoms. The van der Waals surface area contributed by atoms with E-state index in [1.807, 2.05) is 16.9 Å². The van der Waals surface area contributed by atoms with Crippen LogP contribution in [0, 0.1) is 0 Å². The lowest BCUT2D eigenvalue weighted by Crippen LogP contribution is -2.50. The molecule has 0 amide bonds. The van der Waals surface area contributed by atoms with Crippen molar-refractivity contribution in [3.63, 3.8) is 0 Å². The molecule has 122 valence electrons. The molecular formula is C14H29IN6. The first-order chi connectivity index (χ1) is 9.45. The molecule has 0 bridgehead atoms. The van der Waals surface area contributed by atoms with Crippen LogP contribution < -0.4 is 10.6 Å². The number of nitrogens with zero attached hydrogens (tertiary/aromatic N) is 4. The number of hydrogen-bond donors (Lipinski definition) is 2. The molecule has 0 aliphatic rings. The fourth-order valence-electron chi connectivity index (χ4n) is 1.56. The van der Waals surface area contributed by atoms with Gasteiger partial charge in [0.25, 0.3) is 0 Å². The van der Waals surface area contributed by atoms with Gasteiger partial charge in [-0.15, -0.1) is 24.0 Å². The Bertz CT molecular complexity index is 400. The maximum atomic E-state index is 4.24.